The van der Waals surface area contributed by atoms with Gasteiger partial charge in [0.15, 0.2) is 5.96 Å². The molecule has 0 saturated heterocycles. The number of nitrogens with zero attached hydrogens (tertiary/aromatic N) is 1. The summed E-state index contributed by atoms with van der Waals surface area (Å²) in [5.41, 5.74) is 5.90. The minimum Gasteiger partial charge on any atom is -0.489 e. The van der Waals surface area contributed by atoms with Gasteiger partial charge in [0.05, 0.1) is 6.54 Å². The molecule has 2 rings (SSSR count). The number of ether oxygens (including phenoxy) is 1. The van der Waals surface area contributed by atoms with Crippen molar-refractivity contribution in [2.45, 2.75) is 51.2 Å². The van der Waals surface area contributed by atoms with E-state index in [0.717, 1.165) is 12.8 Å². The van der Waals surface area contributed by atoms with E-state index in [1.807, 2.05) is 6.92 Å². The van der Waals surface area contributed by atoms with Crippen molar-refractivity contribution in [2.75, 3.05) is 6.54 Å². The lowest BCUT2D eigenvalue weighted by atomic mass is 9.96. The summed E-state index contributed by atoms with van der Waals surface area (Å²) >= 11 is 0. The molecular formula is C16H24FN3O. The van der Waals surface area contributed by atoms with Gasteiger partial charge in [-0.3, -0.25) is 0 Å². The molecule has 0 radical (unpaired) electrons. The highest BCUT2D eigenvalue weighted by Gasteiger charge is 2.13. The molecule has 1 fully saturated rings. The Labute approximate surface area is 125 Å². The van der Waals surface area contributed by atoms with Gasteiger partial charge in [0, 0.05) is 6.04 Å². The lowest BCUT2D eigenvalue weighted by Crippen LogP contribution is -2.41. The van der Waals surface area contributed by atoms with Gasteiger partial charge in [0.1, 0.15) is 17.7 Å². The van der Waals surface area contributed by atoms with Crippen molar-refractivity contribution < 1.29 is 9.13 Å². The van der Waals surface area contributed by atoms with E-state index in [2.05, 4.69) is 10.3 Å². The molecule has 1 aromatic carbocycles. The van der Waals surface area contributed by atoms with Crippen molar-refractivity contribution in [3.63, 3.8) is 0 Å². The Morgan fingerprint density at radius 3 is 2.67 bits per heavy atom. The standard InChI is InChI=1S/C16H24FN3O/c1-12(21-15-9-7-13(17)8-10-15)11-19-16(18)20-14-5-3-2-4-6-14/h7-10,12,14H,2-6,11H2,1H3,(H3,18,19,20). The summed E-state index contributed by atoms with van der Waals surface area (Å²) in [6.45, 7) is 2.39. The second kappa shape index (κ2) is 7.86. The van der Waals surface area contributed by atoms with Crippen LogP contribution in [0.4, 0.5) is 4.39 Å². The molecular weight excluding hydrogens is 269 g/mol. The quantitative estimate of drug-likeness (QED) is 0.648. The normalized spacial score (nSPS) is 18.3. The lowest BCUT2D eigenvalue weighted by molar-refractivity contribution is 0.230. The van der Waals surface area contributed by atoms with Gasteiger partial charge in [-0.05, 0) is 44.0 Å². The Kier molecular flexibility index (Phi) is 5.84. The van der Waals surface area contributed by atoms with Crippen molar-refractivity contribution >= 4 is 5.96 Å². The number of hydrogen-bond acceptors (Lipinski definition) is 2. The van der Waals surface area contributed by atoms with Crippen LogP contribution in [-0.2, 0) is 0 Å². The van der Waals surface area contributed by atoms with Crippen molar-refractivity contribution in [1.82, 2.24) is 5.32 Å². The largest absolute Gasteiger partial charge is 0.489 e. The summed E-state index contributed by atoms with van der Waals surface area (Å²) in [6.07, 6.45) is 6.06. The van der Waals surface area contributed by atoms with E-state index in [-0.39, 0.29) is 11.9 Å². The molecule has 5 heteroatoms. The van der Waals surface area contributed by atoms with Gasteiger partial charge in [-0.2, -0.15) is 0 Å². The van der Waals surface area contributed by atoms with Gasteiger partial charge in [0.2, 0.25) is 0 Å². The van der Waals surface area contributed by atoms with E-state index in [1.54, 1.807) is 12.1 Å². The molecule has 1 atom stereocenters. The van der Waals surface area contributed by atoms with Crippen molar-refractivity contribution in [3.05, 3.63) is 30.1 Å². The first-order chi connectivity index (χ1) is 10.1. The number of rotatable bonds is 5. The molecule has 116 valence electrons. The first kappa shape index (κ1) is 15.6. The maximum atomic E-state index is 12.8. The highest BCUT2D eigenvalue weighted by atomic mass is 19.1. The summed E-state index contributed by atoms with van der Waals surface area (Å²) in [4.78, 5) is 4.32. The zero-order chi connectivity index (χ0) is 15.1. The molecule has 1 unspecified atom stereocenters. The van der Waals surface area contributed by atoms with Crippen LogP contribution in [0.1, 0.15) is 39.0 Å². The third-order valence-corrected chi connectivity index (χ3v) is 3.63. The smallest absolute Gasteiger partial charge is 0.188 e. The van der Waals surface area contributed by atoms with Gasteiger partial charge in [-0.1, -0.05) is 19.3 Å². The number of guanidine groups is 1. The molecule has 1 aliphatic carbocycles. The van der Waals surface area contributed by atoms with E-state index in [4.69, 9.17) is 10.5 Å². The Morgan fingerprint density at radius 2 is 2.00 bits per heavy atom. The van der Waals surface area contributed by atoms with Crippen LogP contribution < -0.4 is 15.8 Å². The summed E-state index contributed by atoms with van der Waals surface area (Å²) in [7, 11) is 0. The molecule has 0 aliphatic heterocycles. The van der Waals surface area contributed by atoms with Gasteiger partial charge in [-0.25, -0.2) is 9.38 Å². The Morgan fingerprint density at radius 1 is 1.33 bits per heavy atom. The summed E-state index contributed by atoms with van der Waals surface area (Å²) in [5, 5.41) is 3.27. The second-order valence-corrected chi connectivity index (χ2v) is 5.59. The number of halogens is 1. The van der Waals surface area contributed by atoms with E-state index >= 15 is 0 Å². The number of benzene rings is 1. The van der Waals surface area contributed by atoms with Crippen LogP contribution in [0.2, 0.25) is 0 Å². The maximum absolute atomic E-state index is 12.8. The van der Waals surface area contributed by atoms with Gasteiger partial charge in [-0.15, -0.1) is 0 Å². The number of nitrogens with one attached hydrogen (secondary N) is 1. The highest BCUT2D eigenvalue weighted by Crippen LogP contribution is 2.17. The monoisotopic (exact) mass is 293 g/mol. The predicted octanol–water partition coefficient (Wildman–Crippen LogP) is 2.83. The fourth-order valence-electron chi connectivity index (χ4n) is 2.51. The van der Waals surface area contributed by atoms with E-state index < -0.39 is 0 Å². The third-order valence-electron chi connectivity index (χ3n) is 3.63. The molecule has 0 bridgehead atoms. The lowest BCUT2D eigenvalue weighted by Gasteiger charge is -2.23. The third kappa shape index (κ3) is 5.61. The molecule has 0 spiro atoms. The minimum absolute atomic E-state index is 0.109. The first-order valence-electron chi connectivity index (χ1n) is 7.62. The van der Waals surface area contributed by atoms with Crippen LogP contribution >= 0.6 is 0 Å². The number of hydrogen-bond donors (Lipinski definition) is 2. The summed E-state index contributed by atoms with van der Waals surface area (Å²) < 4.78 is 18.5. The molecule has 4 nitrogen and oxygen atoms in total. The van der Waals surface area contributed by atoms with Crippen LogP contribution in [0.15, 0.2) is 29.3 Å². The topological polar surface area (TPSA) is 59.6 Å². The molecule has 1 saturated carbocycles. The maximum Gasteiger partial charge on any atom is 0.188 e. The molecule has 1 aliphatic rings. The van der Waals surface area contributed by atoms with Crippen molar-refractivity contribution in [1.29, 1.82) is 0 Å². The first-order valence-corrected chi connectivity index (χ1v) is 7.62. The fraction of sp³-hybridized carbons (Fsp3) is 0.562. The number of aliphatic imine (C=N–C) groups is 1. The van der Waals surface area contributed by atoms with Crippen LogP contribution in [0.3, 0.4) is 0 Å². The average molecular weight is 293 g/mol. The highest BCUT2D eigenvalue weighted by molar-refractivity contribution is 5.78. The van der Waals surface area contributed by atoms with E-state index in [1.165, 1.54) is 31.4 Å². The second-order valence-electron chi connectivity index (χ2n) is 5.59. The SMILES string of the molecule is CC(CN=C(N)NC1CCCCC1)Oc1ccc(F)cc1. The zero-order valence-electron chi connectivity index (χ0n) is 12.5. The molecule has 21 heavy (non-hydrogen) atoms. The Balaban J connectivity index is 1.74. The van der Waals surface area contributed by atoms with E-state index in [0.29, 0.717) is 24.3 Å². The summed E-state index contributed by atoms with van der Waals surface area (Å²) in [5.74, 6) is 0.850. The predicted molar refractivity (Wildman–Crippen MR) is 83.0 cm³/mol. The molecule has 0 aromatic heterocycles. The van der Waals surface area contributed by atoms with Gasteiger partial charge >= 0.3 is 0 Å². The zero-order valence-corrected chi connectivity index (χ0v) is 12.5. The Hall–Kier alpha value is -1.78. The molecule has 0 amide bonds. The van der Waals surface area contributed by atoms with Crippen LogP contribution in [0, 0.1) is 5.82 Å². The summed E-state index contributed by atoms with van der Waals surface area (Å²) in [6, 6.07) is 6.43. The van der Waals surface area contributed by atoms with Gasteiger partial charge in [0.25, 0.3) is 0 Å². The van der Waals surface area contributed by atoms with E-state index in [9.17, 15) is 4.39 Å². The van der Waals surface area contributed by atoms with Crippen molar-refractivity contribution in [3.8, 4) is 5.75 Å². The van der Waals surface area contributed by atoms with Gasteiger partial charge < -0.3 is 15.8 Å². The average Bonchev–Trinajstić information content (AvgIpc) is 2.49. The number of nitrogens with two attached hydrogens (primary N) is 1. The molecule has 3 N–H and O–H groups in total. The fourth-order valence-corrected chi connectivity index (χ4v) is 2.51. The van der Waals surface area contributed by atoms with Crippen LogP contribution in [0.5, 0.6) is 5.75 Å². The van der Waals surface area contributed by atoms with Crippen LogP contribution in [0.25, 0.3) is 0 Å². The molecule has 0 heterocycles. The van der Waals surface area contributed by atoms with Crippen LogP contribution in [-0.4, -0.2) is 24.7 Å². The molecule has 1 aromatic rings. The van der Waals surface area contributed by atoms with Crippen molar-refractivity contribution in [2.24, 2.45) is 10.7 Å². The minimum atomic E-state index is -0.269. The Bertz CT molecular complexity index is 455.